The van der Waals surface area contributed by atoms with Crippen LogP contribution in [0.3, 0.4) is 0 Å². The van der Waals surface area contributed by atoms with E-state index < -0.39 is 55.8 Å². The number of methoxy groups -OCH3 is 2. The van der Waals surface area contributed by atoms with Crippen molar-refractivity contribution in [2.75, 3.05) is 19.5 Å². The van der Waals surface area contributed by atoms with Gasteiger partial charge in [-0.1, -0.05) is 24.3 Å². The number of carbonyl (C=O) groups is 3. The summed E-state index contributed by atoms with van der Waals surface area (Å²) in [7, 11) is -3.15. The third-order valence-corrected chi connectivity index (χ3v) is 9.53. The number of anilines is 1. The van der Waals surface area contributed by atoms with Crippen LogP contribution in [0.2, 0.25) is 0 Å². The number of benzene rings is 3. The van der Waals surface area contributed by atoms with Crippen molar-refractivity contribution in [3.63, 3.8) is 0 Å². The number of carboxylic acids is 1. The number of rotatable bonds is 9. The highest BCUT2D eigenvalue weighted by atomic mass is 32.2. The van der Waals surface area contributed by atoms with Gasteiger partial charge in [-0.2, -0.15) is 13.2 Å². The zero-order chi connectivity index (χ0) is 33.6. The fourth-order valence-corrected chi connectivity index (χ4v) is 6.68. The highest BCUT2D eigenvalue weighted by molar-refractivity contribution is 7.92. The number of ether oxygens (including phenoxy) is 2. The number of alkyl halides is 3. The monoisotopic (exact) mass is 662 g/mol. The molecule has 0 radical (unpaired) electrons. The number of halogens is 4. The smallest absolute Gasteiger partial charge is 0.496 e. The maximum Gasteiger partial charge on any atom is 0.501 e. The lowest BCUT2D eigenvalue weighted by molar-refractivity contribution is -0.121. The zero-order valence-electron chi connectivity index (χ0n) is 24.1. The molecule has 0 heterocycles. The summed E-state index contributed by atoms with van der Waals surface area (Å²) in [6.45, 7) is 0. The SMILES string of the molecule is COc1ccc(-c2cc(C(=O)N[C@H]3[C@@H](C(=O)Nc4cccc(S(=O)(=O)C(F)(F)F)c4)[C@@H]4C=C[C@H]3C4)c(OC)cc2F)cc1C(=O)O. The Morgan fingerprint density at radius 1 is 0.913 bits per heavy atom. The van der Waals surface area contributed by atoms with E-state index in [0.717, 1.165) is 18.2 Å². The van der Waals surface area contributed by atoms with Crippen molar-refractivity contribution in [2.45, 2.75) is 22.9 Å². The van der Waals surface area contributed by atoms with E-state index in [1.807, 2.05) is 6.08 Å². The van der Waals surface area contributed by atoms with Crippen LogP contribution in [0.4, 0.5) is 23.2 Å². The number of amides is 2. The minimum Gasteiger partial charge on any atom is -0.496 e. The third-order valence-electron chi connectivity index (χ3n) is 8.05. The Balaban J connectivity index is 1.42. The van der Waals surface area contributed by atoms with Crippen LogP contribution in [0.1, 0.15) is 27.1 Å². The van der Waals surface area contributed by atoms with Gasteiger partial charge in [0.1, 0.15) is 22.9 Å². The number of hydrogen-bond donors (Lipinski definition) is 3. The second kappa shape index (κ2) is 12.1. The van der Waals surface area contributed by atoms with Crippen LogP contribution in [0.5, 0.6) is 11.5 Å². The van der Waals surface area contributed by atoms with Crippen molar-refractivity contribution in [3.05, 3.63) is 83.7 Å². The molecular formula is C31H26F4N2O8S. The summed E-state index contributed by atoms with van der Waals surface area (Å²) in [5.41, 5.74) is -6.02. The first-order valence-corrected chi connectivity index (χ1v) is 15.1. The lowest BCUT2D eigenvalue weighted by Crippen LogP contribution is -2.47. The average Bonchev–Trinajstić information content (AvgIpc) is 3.62. The van der Waals surface area contributed by atoms with Crippen molar-refractivity contribution >= 4 is 33.3 Å². The Kier molecular flexibility index (Phi) is 8.55. The molecule has 0 aromatic heterocycles. The van der Waals surface area contributed by atoms with Gasteiger partial charge in [-0.05, 0) is 60.2 Å². The number of aromatic carboxylic acids is 1. The highest BCUT2D eigenvalue weighted by Gasteiger charge is 2.49. The second-order valence-electron chi connectivity index (χ2n) is 10.7. The topological polar surface area (TPSA) is 148 Å². The molecule has 2 aliphatic carbocycles. The summed E-state index contributed by atoms with van der Waals surface area (Å²) < 4.78 is 88.4. The molecule has 3 aromatic rings. The molecule has 5 rings (SSSR count). The Bertz CT molecular complexity index is 1880. The van der Waals surface area contributed by atoms with E-state index in [9.17, 15) is 41.1 Å². The van der Waals surface area contributed by atoms with Gasteiger partial charge in [0.15, 0.2) is 0 Å². The van der Waals surface area contributed by atoms with Crippen LogP contribution < -0.4 is 20.1 Å². The molecule has 4 atom stereocenters. The number of allylic oxidation sites excluding steroid dienone is 1. The number of fused-ring (bicyclic) bond motifs is 2. The van der Waals surface area contributed by atoms with Gasteiger partial charge >= 0.3 is 11.5 Å². The molecule has 1 fully saturated rings. The van der Waals surface area contributed by atoms with Gasteiger partial charge in [-0.3, -0.25) is 9.59 Å². The minimum atomic E-state index is -5.66. The van der Waals surface area contributed by atoms with Gasteiger partial charge in [0.25, 0.3) is 15.7 Å². The van der Waals surface area contributed by atoms with Crippen LogP contribution in [0.25, 0.3) is 11.1 Å². The summed E-state index contributed by atoms with van der Waals surface area (Å²) in [4.78, 5) is 37.8. The molecule has 2 amide bonds. The van der Waals surface area contributed by atoms with E-state index in [1.54, 1.807) is 6.08 Å². The van der Waals surface area contributed by atoms with Gasteiger partial charge < -0.3 is 25.2 Å². The van der Waals surface area contributed by atoms with Crippen molar-refractivity contribution in [1.29, 1.82) is 0 Å². The predicted octanol–water partition coefficient (Wildman–Crippen LogP) is 5.06. The van der Waals surface area contributed by atoms with Crippen LogP contribution in [-0.2, 0) is 14.6 Å². The molecule has 0 unspecified atom stereocenters. The molecule has 2 aliphatic rings. The van der Waals surface area contributed by atoms with Crippen LogP contribution in [-0.4, -0.2) is 57.1 Å². The first kappa shape index (κ1) is 32.5. The fourth-order valence-electron chi connectivity index (χ4n) is 5.87. The van der Waals surface area contributed by atoms with E-state index in [1.165, 1.54) is 44.6 Å². The minimum absolute atomic E-state index is 0.0468. The zero-order valence-corrected chi connectivity index (χ0v) is 24.9. The molecule has 242 valence electrons. The Morgan fingerprint density at radius 2 is 1.61 bits per heavy atom. The van der Waals surface area contributed by atoms with Gasteiger partial charge in [0.05, 0.1) is 30.6 Å². The molecule has 3 N–H and O–H groups in total. The normalized spacial score (nSPS) is 20.3. The van der Waals surface area contributed by atoms with Gasteiger partial charge in [-0.15, -0.1) is 0 Å². The summed E-state index contributed by atoms with van der Waals surface area (Å²) >= 11 is 0. The van der Waals surface area contributed by atoms with Gasteiger partial charge in [0, 0.05) is 23.4 Å². The number of nitrogens with one attached hydrogen (secondary N) is 2. The summed E-state index contributed by atoms with van der Waals surface area (Å²) in [5, 5.41) is 14.8. The average molecular weight is 663 g/mol. The standard InChI is InChI=1S/C31H26F4N2O8S/c1-44-24-9-8-15(11-22(24)30(40)41)20-13-21(25(45-2)14-23(20)32)28(38)37-27-17-7-6-16(10-17)26(27)29(39)36-18-4-3-5-19(12-18)46(42,43)31(33,34)35/h3-9,11-14,16-17,26-27H,10H2,1-2H3,(H,36,39)(H,37,38)(H,40,41)/t16-,17+,26+,27-/m1/s1. The van der Waals surface area contributed by atoms with E-state index in [-0.39, 0.29) is 51.3 Å². The van der Waals surface area contributed by atoms with Crippen LogP contribution in [0, 0.1) is 23.6 Å². The second-order valence-corrected chi connectivity index (χ2v) is 12.6. The largest absolute Gasteiger partial charge is 0.501 e. The first-order valence-electron chi connectivity index (χ1n) is 13.7. The van der Waals surface area contributed by atoms with Crippen molar-refractivity contribution in [2.24, 2.45) is 17.8 Å². The highest BCUT2D eigenvalue weighted by Crippen LogP contribution is 2.45. The maximum absolute atomic E-state index is 15.2. The molecule has 10 nitrogen and oxygen atoms in total. The van der Waals surface area contributed by atoms with Crippen molar-refractivity contribution in [3.8, 4) is 22.6 Å². The van der Waals surface area contributed by atoms with Crippen LogP contribution >= 0.6 is 0 Å². The summed E-state index contributed by atoms with van der Waals surface area (Å²) in [6, 6.07) is 9.13. The molecule has 0 saturated heterocycles. The Labute approximate surface area is 259 Å². The van der Waals surface area contributed by atoms with Gasteiger partial charge in [-0.25, -0.2) is 17.6 Å². The van der Waals surface area contributed by atoms with E-state index in [0.29, 0.717) is 12.5 Å². The quantitative estimate of drug-likeness (QED) is 0.213. The Hall–Kier alpha value is -4.92. The van der Waals surface area contributed by atoms with Crippen molar-refractivity contribution < 1.29 is 54.9 Å². The molecular weight excluding hydrogens is 636 g/mol. The lowest BCUT2D eigenvalue weighted by atomic mass is 9.87. The number of hydrogen-bond acceptors (Lipinski definition) is 7. The summed E-state index contributed by atoms with van der Waals surface area (Å²) in [5.74, 6) is -5.09. The predicted molar refractivity (Wildman–Crippen MR) is 156 cm³/mol. The number of sulfone groups is 1. The summed E-state index contributed by atoms with van der Waals surface area (Å²) in [6.07, 6.45) is 4.11. The first-order chi connectivity index (χ1) is 21.7. The molecule has 3 aromatic carbocycles. The number of carbonyl (C=O) groups excluding carboxylic acids is 2. The molecule has 15 heteroatoms. The number of carboxylic acid groups (broad SMARTS) is 1. The molecule has 46 heavy (non-hydrogen) atoms. The lowest BCUT2D eigenvalue weighted by Gasteiger charge is -2.28. The molecule has 2 bridgehead atoms. The van der Waals surface area contributed by atoms with E-state index >= 15 is 4.39 Å². The molecule has 1 saturated carbocycles. The van der Waals surface area contributed by atoms with E-state index in [2.05, 4.69) is 10.6 Å². The Morgan fingerprint density at radius 3 is 2.26 bits per heavy atom. The van der Waals surface area contributed by atoms with Crippen LogP contribution in [0.15, 0.2) is 71.6 Å². The van der Waals surface area contributed by atoms with E-state index in [4.69, 9.17) is 9.47 Å². The van der Waals surface area contributed by atoms with Gasteiger partial charge in [0.2, 0.25) is 5.91 Å². The maximum atomic E-state index is 15.2. The third kappa shape index (κ3) is 5.89. The fraction of sp³-hybridized carbons (Fsp3) is 0.258. The molecule has 0 aliphatic heterocycles. The molecule has 0 spiro atoms. The van der Waals surface area contributed by atoms with Crippen molar-refractivity contribution in [1.82, 2.24) is 5.32 Å².